The van der Waals surface area contributed by atoms with E-state index in [1.165, 1.54) is 12.1 Å². The number of esters is 1. The topological polar surface area (TPSA) is 317 Å². The van der Waals surface area contributed by atoms with Crippen molar-refractivity contribution >= 4 is 63.2 Å². The number of ketones is 1. The third-order valence-corrected chi connectivity index (χ3v) is 14.9. The molecule has 1 heterocycles. The van der Waals surface area contributed by atoms with Gasteiger partial charge in [-0.2, -0.15) is 8.42 Å². The molecule has 23 heteroatoms. The molecule has 0 spiro atoms. The Balaban J connectivity index is 1.44. The molecule has 80 heavy (non-hydrogen) atoms. The molecule has 3 aromatic carbocycles. The summed E-state index contributed by atoms with van der Waals surface area (Å²) in [6.45, 7) is 8.66. The van der Waals surface area contributed by atoms with Gasteiger partial charge in [-0.3, -0.25) is 52.2 Å². The van der Waals surface area contributed by atoms with Gasteiger partial charge >= 0.3 is 5.97 Å². The summed E-state index contributed by atoms with van der Waals surface area (Å²) in [7, 11) is -4.84. The van der Waals surface area contributed by atoms with E-state index in [-0.39, 0.29) is 49.7 Å². The molecule has 3 aromatic rings. The van der Waals surface area contributed by atoms with E-state index in [0.29, 0.717) is 44.7 Å². The van der Waals surface area contributed by atoms with Crippen molar-refractivity contribution in [3.8, 4) is 12.3 Å². The van der Waals surface area contributed by atoms with Crippen molar-refractivity contribution in [3.05, 3.63) is 102 Å². The van der Waals surface area contributed by atoms with Crippen LogP contribution >= 0.6 is 0 Å². The Hall–Kier alpha value is -7.52. The highest BCUT2D eigenvalue weighted by Gasteiger charge is 2.57. The lowest BCUT2D eigenvalue weighted by Gasteiger charge is -2.33. The Kier molecular flexibility index (Phi) is 23.4. The van der Waals surface area contributed by atoms with Crippen LogP contribution in [0.15, 0.2) is 89.8 Å². The maximum absolute atomic E-state index is 15.2. The lowest BCUT2D eigenvalue weighted by Crippen LogP contribution is -2.61. The molecule has 0 radical (unpaired) electrons. The fraction of sp³-hybridized carbons (Fsp3) is 0.491. The molecular formula is C57H74N8O14S. The quantitative estimate of drug-likeness (QED) is 0.0271. The van der Waals surface area contributed by atoms with Crippen LogP contribution in [0.4, 0.5) is 0 Å². The van der Waals surface area contributed by atoms with Crippen molar-refractivity contribution in [3.63, 3.8) is 0 Å². The van der Waals surface area contributed by atoms with E-state index in [0.717, 1.165) is 24.6 Å². The minimum atomic E-state index is -4.84. The molecule has 0 aromatic heterocycles. The predicted octanol–water partition coefficient (Wildman–Crippen LogP) is 1.25. The van der Waals surface area contributed by atoms with Gasteiger partial charge in [0.25, 0.3) is 16.0 Å². The number of rotatable bonds is 31. The largest absolute Gasteiger partial charge is 0.449 e. The smallest absolute Gasteiger partial charge is 0.307 e. The van der Waals surface area contributed by atoms with E-state index < -0.39 is 129 Å². The van der Waals surface area contributed by atoms with Crippen LogP contribution < -0.4 is 37.6 Å². The van der Waals surface area contributed by atoms with Crippen molar-refractivity contribution in [2.24, 2.45) is 23.0 Å². The maximum Gasteiger partial charge on any atom is 0.307 e. The fourth-order valence-corrected chi connectivity index (χ4v) is 10.0. The highest BCUT2D eigenvalue weighted by Crippen LogP contribution is 2.54. The van der Waals surface area contributed by atoms with E-state index in [9.17, 15) is 46.8 Å². The number of hydrogen-bond donors (Lipinski definition) is 7. The molecular weight excluding hydrogens is 1050 g/mol. The molecule has 8 N–H and O–H groups in total. The molecule has 1 saturated heterocycles. The van der Waals surface area contributed by atoms with Gasteiger partial charge < -0.3 is 47.1 Å². The van der Waals surface area contributed by atoms with Gasteiger partial charge in [-0.25, -0.2) is 0 Å². The molecule has 1 saturated carbocycles. The zero-order valence-electron chi connectivity index (χ0n) is 45.9. The van der Waals surface area contributed by atoms with E-state index >= 15 is 4.79 Å². The van der Waals surface area contributed by atoms with Crippen LogP contribution in [-0.4, -0.2) is 149 Å². The Bertz CT molecular complexity index is 2840. The highest BCUT2D eigenvalue weighted by molar-refractivity contribution is 7.86. The minimum Gasteiger partial charge on any atom is -0.449 e. The van der Waals surface area contributed by atoms with Crippen molar-refractivity contribution in [1.82, 2.24) is 36.8 Å². The van der Waals surface area contributed by atoms with Gasteiger partial charge in [-0.05, 0) is 79.2 Å². The Labute approximate surface area is 467 Å². The van der Waals surface area contributed by atoms with Crippen molar-refractivity contribution in [2.45, 2.75) is 114 Å². The number of nitrogens with one attached hydrogen (secondary N) is 6. The summed E-state index contributed by atoms with van der Waals surface area (Å²) < 4.78 is 44.3. The first-order valence-electron chi connectivity index (χ1n) is 26.5. The van der Waals surface area contributed by atoms with Gasteiger partial charge in [0.1, 0.15) is 24.7 Å². The Morgan fingerprint density at radius 3 is 2.02 bits per heavy atom. The predicted molar refractivity (Wildman–Crippen MR) is 293 cm³/mol. The third-order valence-electron chi connectivity index (χ3n) is 13.6. The number of nitrogens with zero attached hydrogens (tertiary/aromatic N) is 1. The number of carbonyl (C=O) groups excluding carboxylic acids is 9. The number of Topliss-reactive ketones (excluding diaryl/α,β-unsaturated/α-hetero) is 1. The van der Waals surface area contributed by atoms with E-state index in [2.05, 4.69) is 37.8 Å². The van der Waals surface area contributed by atoms with Gasteiger partial charge in [0.2, 0.25) is 41.2 Å². The number of ether oxygens (including phenoxy) is 2. The van der Waals surface area contributed by atoms with Gasteiger partial charge in [0.15, 0.2) is 5.60 Å². The minimum absolute atomic E-state index is 0.0304. The summed E-state index contributed by atoms with van der Waals surface area (Å²) in [5.74, 6) is -5.62. The summed E-state index contributed by atoms with van der Waals surface area (Å²) in [6.07, 6.45) is 5.05. The number of amides is 7. The standard InChI is InChI=1S/C57H74N8O14S/c1-7-25-59-52(71)40-19-14-20-41(32-40)80(75,76)78-36-57(6,79-49(69)24-23-47(67)60-34-46(58)66)51(70)50(42-33-56(42,4)5)64-55(74)45(31-39-17-12-9-13-18-39)63-54(73)44(30-37(2)3)62-53(72)43(22-21-38-15-10-8-11-16-38)61-48(68)35-65-26-28-77-29-27-65/h1,8-20,32,37,42-45,50H,21-31,33-36H2,2-6H3,(H2,58,66)(H,59,71)(H,60,67)(H,61,68)(H,62,72)(H,63,73)(H,64,74)/t42?,43-,44-,45-,50-,57?/m0/s1. The van der Waals surface area contributed by atoms with Crippen LogP contribution in [0.3, 0.4) is 0 Å². The zero-order valence-corrected chi connectivity index (χ0v) is 46.7. The summed E-state index contributed by atoms with van der Waals surface area (Å²) in [5.41, 5.74) is 3.44. The second-order valence-electron chi connectivity index (χ2n) is 21.2. The summed E-state index contributed by atoms with van der Waals surface area (Å²) in [6, 6.07) is 17.6. The molecule has 5 rings (SSSR count). The lowest BCUT2D eigenvalue weighted by molar-refractivity contribution is -0.170. The number of carbonyl (C=O) groups is 9. The lowest BCUT2D eigenvalue weighted by atomic mass is 9.89. The second kappa shape index (κ2) is 29.6. The number of aryl methyl sites for hydroxylation is 1. The van der Waals surface area contributed by atoms with Crippen LogP contribution in [0.2, 0.25) is 0 Å². The number of hydrogen-bond acceptors (Lipinski definition) is 15. The maximum atomic E-state index is 15.2. The molecule has 6 atom stereocenters. The number of primary amides is 1. The van der Waals surface area contributed by atoms with E-state index in [4.69, 9.17) is 25.8 Å². The van der Waals surface area contributed by atoms with Gasteiger partial charge in [0.05, 0.1) is 50.2 Å². The summed E-state index contributed by atoms with van der Waals surface area (Å²) in [5, 5.41) is 16.0. The molecule has 2 unspecified atom stereocenters. The average molecular weight is 1130 g/mol. The average Bonchev–Trinajstić information content (AvgIpc) is 4.10. The Morgan fingerprint density at radius 2 is 1.41 bits per heavy atom. The van der Waals surface area contributed by atoms with E-state index in [1.54, 1.807) is 30.3 Å². The van der Waals surface area contributed by atoms with Crippen molar-refractivity contribution < 1.29 is 65.2 Å². The second-order valence-corrected chi connectivity index (χ2v) is 22.8. The molecule has 22 nitrogen and oxygen atoms in total. The number of terminal acetylenes is 1. The van der Waals surface area contributed by atoms with Crippen LogP contribution in [-0.2, 0) is 75.0 Å². The number of benzene rings is 3. The van der Waals surface area contributed by atoms with Crippen LogP contribution in [0.1, 0.15) is 88.2 Å². The van der Waals surface area contributed by atoms with Crippen molar-refractivity contribution in [1.29, 1.82) is 0 Å². The highest BCUT2D eigenvalue weighted by atomic mass is 32.2. The first-order chi connectivity index (χ1) is 37.9. The molecule has 432 valence electrons. The molecule has 1 aliphatic heterocycles. The molecule has 2 aliphatic rings. The van der Waals surface area contributed by atoms with Crippen molar-refractivity contribution in [2.75, 3.05) is 52.5 Å². The SMILES string of the molecule is C#CCNC(=O)c1cccc(S(=O)(=O)OCC(C)(OC(=O)CCC(=O)NCC(N)=O)C(=O)[C@@H](NC(=O)[C@H](Cc2ccccc2)NC(=O)[C@H](CC(C)C)NC(=O)[C@H](CCc2ccccc2)NC(=O)CN2CCOCC2)C2CC2(C)C)c1. The Morgan fingerprint density at radius 1 is 0.800 bits per heavy atom. The normalized spacial score (nSPS) is 17.1. The fourth-order valence-electron chi connectivity index (χ4n) is 8.97. The van der Waals surface area contributed by atoms with Crippen LogP contribution in [0.25, 0.3) is 0 Å². The molecule has 0 bridgehead atoms. The molecule has 2 fully saturated rings. The number of nitrogens with two attached hydrogens (primary N) is 1. The van der Waals surface area contributed by atoms with E-state index in [1.807, 2.05) is 62.9 Å². The van der Waals surface area contributed by atoms with Crippen LogP contribution in [0.5, 0.6) is 0 Å². The van der Waals surface area contributed by atoms with Gasteiger partial charge in [-0.1, -0.05) is 100 Å². The zero-order chi connectivity index (χ0) is 58.6. The van der Waals surface area contributed by atoms with Gasteiger partial charge in [-0.15, -0.1) is 6.42 Å². The van der Waals surface area contributed by atoms with Crippen LogP contribution in [0, 0.1) is 29.6 Å². The number of morpholine rings is 1. The first kappa shape index (κ1) is 63.3. The summed E-state index contributed by atoms with van der Waals surface area (Å²) in [4.78, 5) is 124. The molecule has 1 aliphatic carbocycles. The third kappa shape index (κ3) is 20.0. The summed E-state index contributed by atoms with van der Waals surface area (Å²) >= 11 is 0. The van der Waals surface area contributed by atoms with Gasteiger partial charge in [0, 0.05) is 31.5 Å². The monoisotopic (exact) mass is 1130 g/mol. The molecule has 7 amide bonds. The first-order valence-corrected chi connectivity index (χ1v) is 27.9.